The summed E-state index contributed by atoms with van der Waals surface area (Å²) < 4.78 is 5.10. The number of amides is 1. The number of ether oxygens (including phenoxy) is 1. The number of hydrogen-bond donors (Lipinski definition) is 1. The highest BCUT2D eigenvalue weighted by molar-refractivity contribution is 6.04. The monoisotopic (exact) mass is 327 g/mol. The average molecular weight is 327 g/mol. The number of carbonyl (C=O) groups excluding carboxylic acids is 1. The molecule has 0 fully saturated rings. The van der Waals surface area contributed by atoms with Gasteiger partial charge in [-0.25, -0.2) is 0 Å². The minimum atomic E-state index is -0.160. The maximum absolute atomic E-state index is 12.3. The van der Waals surface area contributed by atoms with E-state index in [1.807, 2.05) is 42.5 Å². The van der Waals surface area contributed by atoms with E-state index in [9.17, 15) is 4.79 Å². The summed E-state index contributed by atoms with van der Waals surface area (Å²) in [6, 6.07) is 24.2. The molecule has 1 N–H and O–H groups in total. The Morgan fingerprint density at radius 2 is 1.40 bits per heavy atom. The third-order valence-electron chi connectivity index (χ3n) is 3.62. The smallest absolute Gasteiger partial charge is 0.255 e. The van der Waals surface area contributed by atoms with Crippen molar-refractivity contribution in [2.75, 3.05) is 12.4 Å². The maximum atomic E-state index is 12.3. The number of rotatable bonds is 3. The van der Waals surface area contributed by atoms with Gasteiger partial charge in [0, 0.05) is 22.4 Å². The van der Waals surface area contributed by atoms with Gasteiger partial charge in [0.25, 0.3) is 5.91 Å². The second-order valence-corrected chi connectivity index (χ2v) is 5.38. The maximum Gasteiger partial charge on any atom is 0.255 e. The minimum Gasteiger partial charge on any atom is -0.497 e. The summed E-state index contributed by atoms with van der Waals surface area (Å²) in [5.74, 6) is 6.78. The summed E-state index contributed by atoms with van der Waals surface area (Å²) in [6.07, 6.45) is 0. The van der Waals surface area contributed by atoms with E-state index in [1.54, 1.807) is 43.5 Å². The van der Waals surface area contributed by atoms with Gasteiger partial charge in [0.05, 0.1) is 7.11 Å². The first-order valence-corrected chi connectivity index (χ1v) is 7.87. The second kappa shape index (κ2) is 7.85. The van der Waals surface area contributed by atoms with Crippen LogP contribution in [0.5, 0.6) is 5.75 Å². The predicted molar refractivity (Wildman–Crippen MR) is 99.8 cm³/mol. The van der Waals surface area contributed by atoms with Crippen molar-refractivity contribution >= 4 is 11.6 Å². The van der Waals surface area contributed by atoms with Gasteiger partial charge in [-0.3, -0.25) is 4.79 Å². The normalized spacial score (nSPS) is 9.64. The van der Waals surface area contributed by atoms with Gasteiger partial charge >= 0.3 is 0 Å². The molecule has 3 aromatic carbocycles. The Bertz CT molecular complexity index is 902. The van der Waals surface area contributed by atoms with Crippen molar-refractivity contribution in [3.63, 3.8) is 0 Å². The lowest BCUT2D eigenvalue weighted by Crippen LogP contribution is -2.11. The molecular formula is C22H17NO2. The Labute approximate surface area is 147 Å². The predicted octanol–water partition coefficient (Wildman–Crippen LogP) is 4.35. The van der Waals surface area contributed by atoms with Crippen LogP contribution in [0.3, 0.4) is 0 Å². The molecular weight excluding hydrogens is 310 g/mol. The molecule has 0 aliphatic rings. The van der Waals surface area contributed by atoms with Gasteiger partial charge in [-0.05, 0) is 60.7 Å². The molecule has 122 valence electrons. The van der Waals surface area contributed by atoms with Crippen LogP contribution in [0, 0.1) is 11.8 Å². The molecule has 3 rings (SSSR count). The molecule has 0 saturated heterocycles. The first-order valence-electron chi connectivity index (χ1n) is 7.87. The van der Waals surface area contributed by atoms with E-state index in [-0.39, 0.29) is 5.91 Å². The molecule has 0 heterocycles. The summed E-state index contributed by atoms with van der Waals surface area (Å²) in [4.78, 5) is 12.3. The summed E-state index contributed by atoms with van der Waals surface area (Å²) >= 11 is 0. The highest BCUT2D eigenvalue weighted by Gasteiger charge is 2.05. The van der Waals surface area contributed by atoms with Crippen LogP contribution < -0.4 is 10.1 Å². The van der Waals surface area contributed by atoms with E-state index in [4.69, 9.17) is 4.74 Å². The first kappa shape index (κ1) is 16.4. The van der Waals surface area contributed by atoms with Crippen molar-refractivity contribution in [1.29, 1.82) is 0 Å². The van der Waals surface area contributed by atoms with Gasteiger partial charge in [0.15, 0.2) is 0 Å². The molecule has 25 heavy (non-hydrogen) atoms. The standard InChI is InChI=1S/C22H17NO2/c1-25-21-15-13-20(14-16-21)23-22(24)19-11-9-18(10-12-19)8-7-17-5-3-2-4-6-17/h2-6,9-16H,1H3,(H,23,24). The average Bonchev–Trinajstić information content (AvgIpc) is 2.68. The van der Waals surface area contributed by atoms with E-state index in [2.05, 4.69) is 17.2 Å². The van der Waals surface area contributed by atoms with Gasteiger partial charge in [-0.1, -0.05) is 30.0 Å². The van der Waals surface area contributed by atoms with Crippen LogP contribution >= 0.6 is 0 Å². The zero-order valence-corrected chi connectivity index (χ0v) is 13.8. The molecule has 0 bridgehead atoms. The Morgan fingerprint density at radius 3 is 2.00 bits per heavy atom. The third-order valence-corrected chi connectivity index (χ3v) is 3.62. The second-order valence-electron chi connectivity index (χ2n) is 5.38. The fourth-order valence-electron chi connectivity index (χ4n) is 2.25. The lowest BCUT2D eigenvalue weighted by molar-refractivity contribution is 0.102. The molecule has 3 heteroatoms. The van der Waals surface area contributed by atoms with Crippen LogP contribution in [-0.2, 0) is 0 Å². The summed E-state index contributed by atoms with van der Waals surface area (Å²) in [5.41, 5.74) is 3.13. The quantitative estimate of drug-likeness (QED) is 0.726. The summed E-state index contributed by atoms with van der Waals surface area (Å²) in [6.45, 7) is 0. The molecule has 0 saturated carbocycles. The molecule has 0 spiro atoms. The van der Waals surface area contributed by atoms with Crippen molar-refractivity contribution in [3.05, 3.63) is 95.6 Å². The molecule has 3 aromatic rings. The fourth-order valence-corrected chi connectivity index (χ4v) is 2.25. The molecule has 3 nitrogen and oxygen atoms in total. The van der Waals surface area contributed by atoms with E-state index >= 15 is 0 Å². The van der Waals surface area contributed by atoms with Crippen molar-refractivity contribution in [3.8, 4) is 17.6 Å². The molecule has 0 radical (unpaired) electrons. The lowest BCUT2D eigenvalue weighted by Gasteiger charge is -2.06. The minimum absolute atomic E-state index is 0.160. The van der Waals surface area contributed by atoms with Gasteiger partial charge in [0.2, 0.25) is 0 Å². The number of benzene rings is 3. The Morgan fingerprint density at radius 1 is 0.800 bits per heavy atom. The number of hydrogen-bond acceptors (Lipinski definition) is 2. The van der Waals surface area contributed by atoms with Gasteiger partial charge in [0.1, 0.15) is 5.75 Å². The summed E-state index contributed by atoms with van der Waals surface area (Å²) in [5, 5.41) is 2.86. The highest BCUT2D eigenvalue weighted by Crippen LogP contribution is 2.16. The molecule has 0 aromatic heterocycles. The van der Waals surface area contributed by atoms with E-state index in [1.165, 1.54) is 0 Å². The van der Waals surface area contributed by atoms with E-state index in [0.29, 0.717) is 5.56 Å². The number of anilines is 1. The SMILES string of the molecule is COc1ccc(NC(=O)c2ccc(C#Cc3ccccc3)cc2)cc1. The Kier molecular flexibility index (Phi) is 5.13. The zero-order chi connectivity index (χ0) is 17.5. The van der Waals surface area contributed by atoms with Crippen molar-refractivity contribution < 1.29 is 9.53 Å². The van der Waals surface area contributed by atoms with Gasteiger partial charge < -0.3 is 10.1 Å². The Balaban J connectivity index is 1.67. The molecule has 1 amide bonds. The number of nitrogens with one attached hydrogen (secondary N) is 1. The summed E-state index contributed by atoms with van der Waals surface area (Å²) in [7, 11) is 1.61. The van der Waals surface area contributed by atoms with Crippen molar-refractivity contribution in [1.82, 2.24) is 0 Å². The van der Waals surface area contributed by atoms with Crippen LogP contribution in [-0.4, -0.2) is 13.0 Å². The largest absolute Gasteiger partial charge is 0.497 e. The molecule has 0 aliphatic heterocycles. The first-order chi connectivity index (χ1) is 12.2. The molecule has 0 aliphatic carbocycles. The van der Waals surface area contributed by atoms with E-state index in [0.717, 1.165) is 22.6 Å². The lowest BCUT2D eigenvalue weighted by atomic mass is 10.1. The Hall–Kier alpha value is -3.51. The van der Waals surface area contributed by atoms with Crippen molar-refractivity contribution in [2.45, 2.75) is 0 Å². The molecule has 0 unspecified atom stereocenters. The van der Waals surface area contributed by atoms with Crippen LogP contribution in [0.2, 0.25) is 0 Å². The van der Waals surface area contributed by atoms with Crippen LogP contribution in [0.15, 0.2) is 78.9 Å². The van der Waals surface area contributed by atoms with E-state index < -0.39 is 0 Å². The third kappa shape index (κ3) is 4.49. The molecule has 0 atom stereocenters. The topological polar surface area (TPSA) is 38.3 Å². The van der Waals surface area contributed by atoms with Crippen LogP contribution in [0.4, 0.5) is 5.69 Å². The van der Waals surface area contributed by atoms with Gasteiger partial charge in [-0.2, -0.15) is 0 Å². The number of carbonyl (C=O) groups is 1. The van der Waals surface area contributed by atoms with Crippen LogP contribution in [0.25, 0.3) is 0 Å². The van der Waals surface area contributed by atoms with Gasteiger partial charge in [-0.15, -0.1) is 0 Å². The van der Waals surface area contributed by atoms with Crippen molar-refractivity contribution in [2.24, 2.45) is 0 Å². The number of methoxy groups -OCH3 is 1. The van der Waals surface area contributed by atoms with Crippen LogP contribution in [0.1, 0.15) is 21.5 Å². The highest BCUT2D eigenvalue weighted by atomic mass is 16.5. The zero-order valence-electron chi connectivity index (χ0n) is 13.8. The fraction of sp³-hybridized carbons (Fsp3) is 0.0455.